The molecule has 0 spiro atoms. The maximum atomic E-state index is 11.1. The molecule has 0 atom stereocenters. The Bertz CT molecular complexity index is 678. The quantitative estimate of drug-likeness (QED) is 0.238. The molecule has 0 unspecified atom stereocenters. The van der Waals surface area contributed by atoms with E-state index in [1.165, 1.54) is 35.2 Å². The summed E-state index contributed by atoms with van der Waals surface area (Å²) in [6.07, 6.45) is 2.59. The van der Waals surface area contributed by atoms with E-state index in [-0.39, 0.29) is 70.2 Å². The Morgan fingerprint density at radius 1 is 0.655 bits per heavy atom. The number of ether oxygens (including phenoxy) is 2. The van der Waals surface area contributed by atoms with E-state index in [0.29, 0.717) is 24.7 Å². The number of nitrogens with one attached hydrogen (secondary N) is 2. The number of hydroxylamine groups is 2. The van der Waals surface area contributed by atoms with Gasteiger partial charge in [0.15, 0.2) is 0 Å². The minimum absolute atomic E-state index is 0. The van der Waals surface area contributed by atoms with Gasteiger partial charge in [0, 0.05) is 11.1 Å². The number of amides is 2. The summed E-state index contributed by atoms with van der Waals surface area (Å²) in [4.78, 5) is 22.3. The van der Waals surface area contributed by atoms with Crippen molar-refractivity contribution in [3.05, 3.63) is 70.1 Å². The number of carbonyl (C=O) groups excluding carboxylic acids is 2. The standard InChI is InChI=1S/C19H20N2O6.2Na/c22-18(20-24)14-4-8-16(9-5-14)26-12-2-1-3-13-27-17-10-6-15(7-11-17)19(23)21-25;;/h4-11H,1-3,12-13H2,(H2-2,20,21,22,23,24,25);;/q-2;2*+1. The first-order chi connectivity index (χ1) is 13.1. The van der Waals surface area contributed by atoms with Gasteiger partial charge in [-0.25, -0.2) is 0 Å². The van der Waals surface area contributed by atoms with Crippen LogP contribution in [0.3, 0.4) is 0 Å². The van der Waals surface area contributed by atoms with Gasteiger partial charge in [0.05, 0.1) is 13.2 Å². The average molecular weight is 418 g/mol. The van der Waals surface area contributed by atoms with Crippen LogP contribution in [0, 0.1) is 10.4 Å². The van der Waals surface area contributed by atoms with Gasteiger partial charge >= 0.3 is 59.1 Å². The Labute approximate surface area is 213 Å². The summed E-state index contributed by atoms with van der Waals surface area (Å²) in [6, 6.07) is 12.7. The number of rotatable bonds is 10. The summed E-state index contributed by atoms with van der Waals surface area (Å²) in [7, 11) is 0. The SMILES string of the molecule is O=C(N[O-])c1ccc(OCCCCCOc2ccc(C(=O)N[O-])cc2)cc1.[Na+].[Na+]. The van der Waals surface area contributed by atoms with Crippen molar-refractivity contribution in [3.8, 4) is 11.5 Å². The van der Waals surface area contributed by atoms with Crippen molar-refractivity contribution in [3.63, 3.8) is 0 Å². The van der Waals surface area contributed by atoms with Crippen LogP contribution in [0.2, 0.25) is 0 Å². The fraction of sp³-hybridized carbons (Fsp3) is 0.263. The van der Waals surface area contributed by atoms with Crippen molar-refractivity contribution in [1.29, 1.82) is 0 Å². The molecule has 29 heavy (non-hydrogen) atoms. The Balaban J connectivity index is 0.00000392. The van der Waals surface area contributed by atoms with Crippen LogP contribution < -0.4 is 79.5 Å². The van der Waals surface area contributed by atoms with Gasteiger partial charge < -0.3 is 30.8 Å². The number of carbonyl (C=O) groups is 2. The molecule has 2 N–H and O–H groups in total. The van der Waals surface area contributed by atoms with Crippen molar-refractivity contribution < 1.29 is 78.2 Å². The van der Waals surface area contributed by atoms with Gasteiger partial charge in [-0.15, -0.1) is 0 Å². The number of hydrogen-bond donors (Lipinski definition) is 2. The van der Waals surface area contributed by atoms with Gasteiger partial charge in [0.25, 0.3) is 0 Å². The summed E-state index contributed by atoms with van der Waals surface area (Å²) in [5.74, 6) is -0.0819. The second-order valence-corrected chi connectivity index (χ2v) is 5.67. The van der Waals surface area contributed by atoms with Crippen LogP contribution in [0.15, 0.2) is 48.5 Å². The van der Waals surface area contributed by atoms with Gasteiger partial charge in [0.1, 0.15) is 11.5 Å². The van der Waals surface area contributed by atoms with Crippen LogP contribution in [-0.4, -0.2) is 25.0 Å². The molecule has 0 aromatic heterocycles. The first kappa shape index (κ1) is 27.9. The van der Waals surface area contributed by atoms with Crippen LogP contribution in [0.25, 0.3) is 0 Å². The third kappa shape index (κ3) is 9.97. The molecule has 144 valence electrons. The topological polar surface area (TPSA) is 123 Å². The zero-order valence-electron chi connectivity index (χ0n) is 16.6. The summed E-state index contributed by atoms with van der Waals surface area (Å²) in [5, 5.41) is 20.6. The van der Waals surface area contributed by atoms with Crippen LogP contribution >= 0.6 is 0 Å². The number of hydrogen-bond acceptors (Lipinski definition) is 6. The van der Waals surface area contributed by atoms with Crippen molar-refractivity contribution in [2.75, 3.05) is 13.2 Å². The van der Waals surface area contributed by atoms with Crippen molar-refractivity contribution in [1.82, 2.24) is 11.0 Å². The summed E-state index contributed by atoms with van der Waals surface area (Å²) in [6.45, 7) is 1.07. The van der Waals surface area contributed by atoms with Crippen molar-refractivity contribution >= 4 is 11.8 Å². The van der Waals surface area contributed by atoms with Crippen LogP contribution in [0.4, 0.5) is 0 Å². The van der Waals surface area contributed by atoms with E-state index in [4.69, 9.17) is 9.47 Å². The van der Waals surface area contributed by atoms with Crippen molar-refractivity contribution in [2.45, 2.75) is 19.3 Å². The van der Waals surface area contributed by atoms with E-state index in [2.05, 4.69) is 0 Å². The van der Waals surface area contributed by atoms with E-state index in [1.54, 1.807) is 24.3 Å². The van der Waals surface area contributed by atoms with Crippen molar-refractivity contribution in [2.24, 2.45) is 0 Å². The predicted octanol–water partition coefficient (Wildman–Crippen LogP) is -3.22. The summed E-state index contributed by atoms with van der Waals surface area (Å²) in [5.41, 5.74) is 3.22. The minimum Gasteiger partial charge on any atom is -0.759 e. The number of benzene rings is 2. The van der Waals surface area contributed by atoms with Gasteiger partial charge in [-0.2, -0.15) is 0 Å². The van der Waals surface area contributed by atoms with Gasteiger partial charge in [-0.1, -0.05) is 0 Å². The normalized spacial score (nSPS) is 9.45. The van der Waals surface area contributed by atoms with Crippen LogP contribution in [0.5, 0.6) is 11.5 Å². The second kappa shape index (κ2) is 15.7. The van der Waals surface area contributed by atoms with E-state index in [0.717, 1.165) is 19.3 Å². The first-order valence-electron chi connectivity index (χ1n) is 8.44. The Kier molecular flexibility index (Phi) is 15.1. The molecule has 0 aliphatic heterocycles. The molecule has 0 heterocycles. The molecule has 0 aliphatic carbocycles. The first-order valence-corrected chi connectivity index (χ1v) is 8.44. The van der Waals surface area contributed by atoms with E-state index in [1.807, 2.05) is 0 Å². The average Bonchev–Trinajstić information content (AvgIpc) is 2.72. The van der Waals surface area contributed by atoms with Gasteiger partial charge in [-0.05, 0) is 67.8 Å². The fourth-order valence-corrected chi connectivity index (χ4v) is 2.28. The summed E-state index contributed by atoms with van der Waals surface area (Å²) < 4.78 is 11.1. The molecule has 2 aromatic rings. The smallest absolute Gasteiger partial charge is 0.759 e. The molecule has 0 bridgehead atoms. The molecule has 0 saturated carbocycles. The molecular formula is C19H20N2Na2O6. The largest absolute Gasteiger partial charge is 1.00 e. The van der Waals surface area contributed by atoms with E-state index in [9.17, 15) is 20.0 Å². The number of unbranched alkanes of at least 4 members (excludes halogenated alkanes) is 2. The molecule has 0 saturated heterocycles. The molecule has 2 rings (SSSR count). The monoisotopic (exact) mass is 418 g/mol. The maximum absolute atomic E-state index is 11.1. The Morgan fingerprint density at radius 3 is 1.31 bits per heavy atom. The zero-order chi connectivity index (χ0) is 19.5. The van der Waals surface area contributed by atoms with Gasteiger partial charge in [-0.3, -0.25) is 9.59 Å². The molecule has 8 nitrogen and oxygen atoms in total. The van der Waals surface area contributed by atoms with Crippen LogP contribution in [0.1, 0.15) is 40.0 Å². The van der Waals surface area contributed by atoms with E-state index >= 15 is 0 Å². The van der Waals surface area contributed by atoms with Gasteiger partial charge in [0.2, 0.25) is 11.8 Å². The molecule has 0 radical (unpaired) electrons. The maximum Gasteiger partial charge on any atom is 1.00 e. The van der Waals surface area contributed by atoms with E-state index < -0.39 is 11.8 Å². The predicted molar refractivity (Wildman–Crippen MR) is 99.4 cm³/mol. The molecule has 0 fully saturated rings. The third-order valence-corrected chi connectivity index (χ3v) is 3.74. The Morgan fingerprint density at radius 2 is 1.00 bits per heavy atom. The third-order valence-electron chi connectivity index (χ3n) is 3.74. The molecule has 2 aromatic carbocycles. The summed E-state index contributed by atoms with van der Waals surface area (Å²) >= 11 is 0. The second-order valence-electron chi connectivity index (χ2n) is 5.67. The zero-order valence-corrected chi connectivity index (χ0v) is 20.6. The molecule has 10 heteroatoms. The molecule has 2 amide bonds. The fourth-order valence-electron chi connectivity index (χ4n) is 2.28. The van der Waals surface area contributed by atoms with Crippen LogP contribution in [-0.2, 0) is 0 Å². The minimum atomic E-state index is -0.676. The Hall–Kier alpha value is -1.10. The molecule has 0 aliphatic rings. The molecular weight excluding hydrogens is 398 g/mol.